The summed E-state index contributed by atoms with van der Waals surface area (Å²) in [5.74, 6) is -0.913. The minimum Gasteiger partial charge on any atom is -0.465 e. The molecule has 0 aliphatic carbocycles. The topological polar surface area (TPSA) is 87.7 Å². The molecule has 0 spiro atoms. The molecular formula is C18H25N3O4. The molecule has 0 saturated heterocycles. The van der Waals surface area contributed by atoms with Crippen molar-refractivity contribution >= 4 is 17.9 Å². The average molecular weight is 347 g/mol. The number of ether oxygens (including phenoxy) is 1. The Morgan fingerprint density at radius 1 is 1.28 bits per heavy atom. The summed E-state index contributed by atoms with van der Waals surface area (Å²) in [7, 11) is 1.64. The van der Waals surface area contributed by atoms with Crippen LogP contribution in [0.5, 0.6) is 0 Å². The van der Waals surface area contributed by atoms with Crippen LogP contribution in [0.2, 0.25) is 0 Å². The standard InChI is InChI=1S/C18H25N3O4/c1-4-11-19-18(24)20-16(22)13-21(3)15(17(23)25-5-2)12-14-9-7-6-8-10-14/h4,6-10,15H,1,5,11-13H2,2-3H3,(H2,19,20,22,24)/t15-/m1/s1. The highest BCUT2D eigenvalue weighted by Gasteiger charge is 2.26. The highest BCUT2D eigenvalue weighted by Crippen LogP contribution is 2.09. The molecule has 7 nitrogen and oxygen atoms in total. The fraction of sp³-hybridized carbons (Fsp3) is 0.389. The first-order valence-corrected chi connectivity index (χ1v) is 8.07. The average Bonchev–Trinajstić information content (AvgIpc) is 2.58. The van der Waals surface area contributed by atoms with Crippen molar-refractivity contribution in [2.75, 3.05) is 26.7 Å². The van der Waals surface area contributed by atoms with Gasteiger partial charge in [-0.1, -0.05) is 36.4 Å². The van der Waals surface area contributed by atoms with Gasteiger partial charge < -0.3 is 10.1 Å². The van der Waals surface area contributed by atoms with Gasteiger partial charge in [0.25, 0.3) is 0 Å². The SMILES string of the molecule is C=CCNC(=O)NC(=O)CN(C)[C@H](Cc1ccccc1)C(=O)OCC. The van der Waals surface area contributed by atoms with Crippen LogP contribution in [0.1, 0.15) is 12.5 Å². The van der Waals surface area contributed by atoms with Crippen LogP contribution in [0.25, 0.3) is 0 Å². The Morgan fingerprint density at radius 2 is 1.96 bits per heavy atom. The molecule has 7 heteroatoms. The summed E-state index contributed by atoms with van der Waals surface area (Å²) in [4.78, 5) is 37.3. The third kappa shape index (κ3) is 7.63. The lowest BCUT2D eigenvalue weighted by Crippen LogP contribution is -2.48. The third-order valence-electron chi connectivity index (χ3n) is 3.42. The Kier molecular flexibility index (Phi) is 8.95. The Bertz CT molecular complexity index is 589. The van der Waals surface area contributed by atoms with Crippen molar-refractivity contribution in [3.8, 4) is 0 Å². The monoisotopic (exact) mass is 347 g/mol. The molecule has 1 aromatic carbocycles. The summed E-state index contributed by atoms with van der Waals surface area (Å²) in [6, 6.07) is 8.24. The lowest BCUT2D eigenvalue weighted by atomic mass is 10.0. The summed E-state index contributed by atoms with van der Waals surface area (Å²) in [6.45, 7) is 5.61. The van der Waals surface area contributed by atoms with Crippen LogP contribution in [-0.4, -0.2) is 55.6 Å². The summed E-state index contributed by atoms with van der Waals surface area (Å²) in [5.41, 5.74) is 0.955. The minimum absolute atomic E-state index is 0.113. The van der Waals surface area contributed by atoms with Crippen LogP contribution in [-0.2, 0) is 20.7 Å². The van der Waals surface area contributed by atoms with Gasteiger partial charge in [-0.15, -0.1) is 6.58 Å². The molecule has 0 bridgehead atoms. The van der Waals surface area contributed by atoms with Crippen LogP contribution in [0.15, 0.2) is 43.0 Å². The van der Waals surface area contributed by atoms with Crippen molar-refractivity contribution in [2.24, 2.45) is 0 Å². The smallest absolute Gasteiger partial charge is 0.323 e. The number of rotatable bonds is 9. The highest BCUT2D eigenvalue weighted by molar-refractivity contribution is 5.95. The number of carbonyl (C=O) groups is 3. The van der Waals surface area contributed by atoms with Crippen LogP contribution >= 0.6 is 0 Å². The van der Waals surface area contributed by atoms with Gasteiger partial charge in [-0.25, -0.2) is 4.79 Å². The van der Waals surface area contributed by atoms with Gasteiger partial charge in [-0.3, -0.25) is 19.8 Å². The molecule has 0 radical (unpaired) electrons. The van der Waals surface area contributed by atoms with Gasteiger partial charge in [0, 0.05) is 6.54 Å². The molecule has 2 N–H and O–H groups in total. The van der Waals surface area contributed by atoms with Crippen LogP contribution in [0.4, 0.5) is 4.79 Å². The van der Waals surface area contributed by atoms with E-state index in [9.17, 15) is 14.4 Å². The van der Waals surface area contributed by atoms with Crippen molar-refractivity contribution in [2.45, 2.75) is 19.4 Å². The Balaban J connectivity index is 2.69. The second-order valence-corrected chi connectivity index (χ2v) is 5.42. The van der Waals surface area contributed by atoms with Crippen LogP contribution in [0.3, 0.4) is 0 Å². The van der Waals surface area contributed by atoms with Crippen molar-refractivity contribution < 1.29 is 19.1 Å². The summed E-state index contributed by atoms with van der Waals surface area (Å²) in [6.07, 6.45) is 1.92. The zero-order valence-corrected chi connectivity index (χ0v) is 14.7. The van der Waals surface area contributed by atoms with Gasteiger partial charge in [0.1, 0.15) is 6.04 Å². The number of hydrogen-bond acceptors (Lipinski definition) is 5. The van der Waals surface area contributed by atoms with Crippen LogP contribution < -0.4 is 10.6 Å². The van der Waals surface area contributed by atoms with E-state index < -0.39 is 23.9 Å². The number of likely N-dealkylation sites (N-methyl/N-ethyl adjacent to an activating group) is 1. The summed E-state index contributed by atoms with van der Waals surface area (Å²) in [5, 5.41) is 4.65. The first kappa shape index (κ1) is 20.4. The van der Waals surface area contributed by atoms with E-state index in [1.165, 1.54) is 6.08 Å². The molecule has 0 aliphatic heterocycles. The summed E-state index contributed by atoms with van der Waals surface area (Å²) >= 11 is 0. The predicted octanol–water partition coefficient (Wildman–Crippen LogP) is 1.10. The first-order valence-electron chi connectivity index (χ1n) is 8.07. The molecule has 0 aromatic heterocycles. The minimum atomic E-state index is -0.621. The fourth-order valence-corrected chi connectivity index (χ4v) is 2.21. The van der Waals surface area contributed by atoms with Crippen molar-refractivity contribution in [3.05, 3.63) is 48.6 Å². The number of benzene rings is 1. The number of hydrogen-bond donors (Lipinski definition) is 2. The first-order chi connectivity index (χ1) is 12.0. The summed E-state index contributed by atoms with van der Waals surface area (Å²) < 4.78 is 5.11. The van der Waals surface area contributed by atoms with E-state index in [0.29, 0.717) is 6.42 Å². The zero-order chi connectivity index (χ0) is 18.7. The van der Waals surface area contributed by atoms with E-state index in [-0.39, 0.29) is 19.7 Å². The molecule has 0 aliphatic rings. The Hall–Kier alpha value is -2.67. The van der Waals surface area contributed by atoms with Gasteiger partial charge in [-0.2, -0.15) is 0 Å². The van der Waals surface area contributed by atoms with Crippen LogP contribution in [0, 0.1) is 0 Å². The normalized spacial score (nSPS) is 11.5. The molecule has 3 amide bonds. The number of carbonyl (C=O) groups excluding carboxylic acids is 3. The molecule has 25 heavy (non-hydrogen) atoms. The quantitative estimate of drug-likeness (QED) is 0.516. The largest absolute Gasteiger partial charge is 0.465 e. The van der Waals surface area contributed by atoms with Crippen molar-refractivity contribution in [1.82, 2.24) is 15.5 Å². The lowest BCUT2D eigenvalue weighted by Gasteiger charge is -2.25. The molecule has 0 fully saturated rings. The predicted molar refractivity (Wildman–Crippen MR) is 94.9 cm³/mol. The van der Waals surface area contributed by atoms with E-state index in [1.54, 1.807) is 18.9 Å². The van der Waals surface area contributed by atoms with E-state index in [2.05, 4.69) is 17.2 Å². The maximum absolute atomic E-state index is 12.2. The van der Waals surface area contributed by atoms with Gasteiger partial charge in [0.05, 0.1) is 13.2 Å². The fourth-order valence-electron chi connectivity index (χ4n) is 2.21. The zero-order valence-electron chi connectivity index (χ0n) is 14.7. The van der Waals surface area contributed by atoms with Gasteiger partial charge in [0.15, 0.2) is 0 Å². The van der Waals surface area contributed by atoms with E-state index in [0.717, 1.165) is 5.56 Å². The van der Waals surface area contributed by atoms with E-state index in [1.807, 2.05) is 30.3 Å². The Labute approximate surface area is 148 Å². The third-order valence-corrected chi connectivity index (χ3v) is 3.42. The molecule has 0 heterocycles. The van der Waals surface area contributed by atoms with Gasteiger partial charge >= 0.3 is 12.0 Å². The second-order valence-electron chi connectivity index (χ2n) is 5.42. The number of amides is 3. The molecule has 0 saturated carbocycles. The highest BCUT2D eigenvalue weighted by atomic mass is 16.5. The number of imide groups is 1. The molecular weight excluding hydrogens is 322 g/mol. The number of nitrogens with one attached hydrogen (secondary N) is 2. The molecule has 1 rings (SSSR count). The maximum Gasteiger partial charge on any atom is 0.323 e. The molecule has 1 aromatic rings. The Morgan fingerprint density at radius 3 is 2.56 bits per heavy atom. The number of urea groups is 1. The number of esters is 1. The second kappa shape index (κ2) is 11.0. The lowest BCUT2D eigenvalue weighted by molar-refractivity contribution is -0.149. The molecule has 136 valence electrons. The maximum atomic E-state index is 12.2. The van der Waals surface area contributed by atoms with Gasteiger partial charge in [0.2, 0.25) is 5.91 Å². The van der Waals surface area contributed by atoms with Crippen molar-refractivity contribution in [1.29, 1.82) is 0 Å². The van der Waals surface area contributed by atoms with Crippen molar-refractivity contribution in [3.63, 3.8) is 0 Å². The van der Waals surface area contributed by atoms with E-state index in [4.69, 9.17) is 4.74 Å². The molecule has 1 atom stereocenters. The number of nitrogens with zero attached hydrogens (tertiary/aromatic N) is 1. The molecule has 0 unspecified atom stereocenters. The van der Waals surface area contributed by atoms with Gasteiger partial charge in [-0.05, 0) is 26.0 Å². The van der Waals surface area contributed by atoms with E-state index >= 15 is 0 Å².